The highest BCUT2D eigenvalue weighted by Gasteiger charge is 2.17. The molecule has 0 bridgehead atoms. The molecule has 0 aliphatic carbocycles. The zero-order valence-corrected chi connectivity index (χ0v) is 36.0. The van der Waals surface area contributed by atoms with E-state index in [1.54, 1.807) is 0 Å². The van der Waals surface area contributed by atoms with Gasteiger partial charge in [-0.15, -0.1) is 0 Å². The van der Waals surface area contributed by atoms with Crippen LogP contribution in [-0.2, 0) is 23.8 Å². The zero-order valence-electron chi connectivity index (χ0n) is 36.0. The Kier molecular flexibility index (Phi) is 43.5. The van der Waals surface area contributed by atoms with E-state index in [4.69, 9.17) is 14.2 Å². The van der Waals surface area contributed by atoms with Crippen LogP contribution in [0.15, 0.2) is 48.6 Å². The van der Waals surface area contributed by atoms with E-state index in [9.17, 15) is 9.59 Å². The summed E-state index contributed by atoms with van der Waals surface area (Å²) in [5.74, 6) is -0.417. The summed E-state index contributed by atoms with van der Waals surface area (Å²) in [4.78, 5) is 25.1. The minimum atomic E-state index is -0.543. The highest BCUT2D eigenvalue weighted by molar-refractivity contribution is 5.70. The summed E-state index contributed by atoms with van der Waals surface area (Å²) >= 11 is 0. The molecule has 0 aliphatic heterocycles. The number of carbonyl (C=O) groups is 2. The van der Waals surface area contributed by atoms with Gasteiger partial charge in [0.25, 0.3) is 0 Å². The summed E-state index contributed by atoms with van der Waals surface area (Å²) in [7, 11) is 0. The number of rotatable bonds is 42. The number of unbranched alkanes of at least 4 members (excludes halogenated alkanes) is 23. The molecule has 314 valence electrons. The predicted octanol–water partition coefficient (Wildman–Crippen LogP) is 15.2. The fourth-order valence-electron chi connectivity index (χ4n) is 6.40. The lowest BCUT2D eigenvalue weighted by atomic mass is 10.1. The summed E-state index contributed by atoms with van der Waals surface area (Å²) in [5, 5.41) is 0. The molecule has 5 nitrogen and oxygen atoms in total. The highest BCUT2D eigenvalue weighted by Crippen LogP contribution is 2.13. The van der Waals surface area contributed by atoms with Gasteiger partial charge in [0.05, 0.1) is 6.61 Å². The monoisotopic (exact) mass is 757 g/mol. The van der Waals surface area contributed by atoms with Crippen LogP contribution >= 0.6 is 0 Å². The zero-order chi connectivity index (χ0) is 39.3. The molecule has 0 heterocycles. The van der Waals surface area contributed by atoms with E-state index >= 15 is 0 Å². The summed E-state index contributed by atoms with van der Waals surface area (Å²) < 4.78 is 17.2. The van der Waals surface area contributed by atoms with Crippen molar-refractivity contribution in [1.82, 2.24) is 0 Å². The molecule has 5 heteroatoms. The Morgan fingerprint density at radius 1 is 0.426 bits per heavy atom. The normalized spacial score (nSPS) is 12.6. The van der Waals surface area contributed by atoms with Crippen molar-refractivity contribution >= 4 is 11.9 Å². The Morgan fingerprint density at radius 3 is 1.35 bits per heavy atom. The van der Waals surface area contributed by atoms with Crippen LogP contribution in [0, 0.1) is 0 Å². The fourth-order valence-corrected chi connectivity index (χ4v) is 6.40. The maximum Gasteiger partial charge on any atom is 0.306 e. The molecule has 1 unspecified atom stereocenters. The molecule has 54 heavy (non-hydrogen) atoms. The van der Waals surface area contributed by atoms with Crippen molar-refractivity contribution in [3.05, 3.63) is 48.6 Å². The minimum Gasteiger partial charge on any atom is -0.462 e. The molecule has 0 spiro atoms. The molecular formula is C49H88O5. The van der Waals surface area contributed by atoms with Crippen LogP contribution < -0.4 is 0 Å². The van der Waals surface area contributed by atoms with Crippen LogP contribution in [0.3, 0.4) is 0 Å². The molecule has 0 saturated heterocycles. The van der Waals surface area contributed by atoms with Gasteiger partial charge >= 0.3 is 11.9 Å². The summed E-state index contributed by atoms with van der Waals surface area (Å²) in [5.41, 5.74) is 0. The van der Waals surface area contributed by atoms with Crippen LogP contribution in [0.1, 0.15) is 226 Å². The van der Waals surface area contributed by atoms with Gasteiger partial charge in [0, 0.05) is 19.4 Å². The summed E-state index contributed by atoms with van der Waals surface area (Å²) in [6.07, 6.45) is 54.1. The number of allylic oxidation sites excluding steroid dienone is 8. The lowest BCUT2D eigenvalue weighted by Gasteiger charge is -2.18. The van der Waals surface area contributed by atoms with Crippen molar-refractivity contribution in [1.29, 1.82) is 0 Å². The SMILES string of the molecule is CC/C=C\C/C=C\C/C=C\CCCCCCOCC(COC(=O)CCCCCCCCC/C=C\CCCCCCCC)OC(=O)CCCCCCCCC. The van der Waals surface area contributed by atoms with E-state index in [0.29, 0.717) is 19.4 Å². The van der Waals surface area contributed by atoms with Crippen LogP contribution in [0.4, 0.5) is 0 Å². The molecule has 0 fully saturated rings. The molecule has 0 rings (SSSR count). The number of carbonyl (C=O) groups excluding carboxylic acids is 2. The molecule has 0 amide bonds. The molecule has 0 radical (unpaired) electrons. The van der Waals surface area contributed by atoms with E-state index in [0.717, 1.165) is 64.2 Å². The number of ether oxygens (including phenoxy) is 3. The third-order valence-corrected chi connectivity index (χ3v) is 9.85. The Labute approximate surface area is 335 Å². The average molecular weight is 757 g/mol. The van der Waals surface area contributed by atoms with Crippen LogP contribution in [-0.4, -0.2) is 37.9 Å². The van der Waals surface area contributed by atoms with Crippen LogP contribution in [0.25, 0.3) is 0 Å². The summed E-state index contributed by atoms with van der Waals surface area (Å²) in [6.45, 7) is 7.63. The van der Waals surface area contributed by atoms with Crippen molar-refractivity contribution in [3.8, 4) is 0 Å². The number of hydrogen-bond acceptors (Lipinski definition) is 5. The van der Waals surface area contributed by atoms with Gasteiger partial charge in [-0.2, -0.15) is 0 Å². The van der Waals surface area contributed by atoms with Crippen molar-refractivity contribution in [3.63, 3.8) is 0 Å². The third-order valence-electron chi connectivity index (χ3n) is 9.85. The van der Waals surface area contributed by atoms with Crippen molar-refractivity contribution < 1.29 is 23.8 Å². The van der Waals surface area contributed by atoms with E-state index in [-0.39, 0.29) is 25.2 Å². The maximum absolute atomic E-state index is 12.6. The third kappa shape index (κ3) is 42.6. The van der Waals surface area contributed by atoms with Crippen molar-refractivity contribution in [2.75, 3.05) is 19.8 Å². The van der Waals surface area contributed by atoms with E-state index in [1.165, 1.54) is 128 Å². The molecule has 0 aromatic carbocycles. The molecule has 0 aromatic rings. The second-order valence-electron chi connectivity index (χ2n) is 15.3. The van der Waals surface area contributed by atoms with Crippen LogP contribution in [0.2, 0.25) is 0 Å². The molecule has 0 aliphatic rings. The quantitative estimate of drug-likeness (QED) is 0.0353. The summed E-state index contributed by atoms with van der Waals surface area (Å²) in [6, 6.07) is 0. The first kappa shape index (κ1) is 51.9. The van der Waals surface area contributed by atoms with E-state index < -0.39 is 6.10 Å². The van der Waals surface area contributed by atoms with Gasteiger partial charge in [-0.3, -0.25) is 9.59 Å². The Bertz CT molecular complexity index is 904. The second kappa shape index (κ2) is 45.3. The molecule has 1 atom stereocenters. The first-order valence-corrected chi connectivity index (χ1v) is 23.2. The first-order chi connectivity index (χ1) is 26.6. The van der Waals surface area contributed by atoms with Gasteiger partial charge in [0.2, 0.25) is 0 Å². The smallest absolute Gasteiger partial charge is 0.306 e. The highest BCUT2D eigenvalue weighted by atomic mass is 16.6. The Hall–Kier alpha value is -2.14. The standard InChI is InChI=1S/C49H88O5/c1-4-7-10-13-16-18-20-22-24-25-26-27-29-31-34-36-39-42-48(50)53-46-47(54-49(51)43-40-37-33-15-12-9-6-3)45-52-44-41-38-35-32-30-28-23-21-19-17-14-11-8-5-2/h8,11,17,19,22-24,28,47H,4-7,9-10,12-16,18,20-21,25-27,29-46H2,1-3H3/b11-8-,19-17-,24-22-,28-23-. The topological polar surface area (TPSA) is 61.8 Å². The van der Waals surface area contributed by atoms with E-state index in [2.05, 4.69) is 69.4 Å². The van der Waals surface area contributed by atoms with Crippen molar-refractivity contribution in [2.45, 2.75) is 232 Å². The van der Waals surface area contributed by atoms with Gasteiger partial charge in [-0.25, -0.2) is 0 Å². The lowest BCUT2D eigenvalue weighted by Crippen LogP contribution is -2.30. The first-order valence-electron chi connectivity index (χ1n) is 23.2. The fraction of sp³-hybridized carbons (Fsp3) is 0.796. The van der Waals surface area contributed by atoms with E-state index in [1.807, 2.05) is 0 Å². The molecule has 0 aromatic heterocycles. The maximum atomic E-state index is 12.6. The molecular weight excluding hydrogens is 669 g/mol. The molecule has 0 saturated carbocycles. The average Bonchev–Trinajstić information content (AvgIpc) is 3.17. The Balaban J connectivity index is 4.16. The Morgan fingerprint density at radius 2 is 0.833 bits per heavy atom. The van der Waals surface area contributed by atoms with Gasteiger partial charge in [-0.1, -0.05) is 185 Å². The van der Waals surface area contributed by atoms with Gasteiger partial charge in [0.15, 0.2) is 6.10 Å². The lowest BCUT2D eigenvalue weighted by molar-refractivity contribution is -0.163. The van der Waals surface area contributed by atoms with Gasteiger partial charge in [0.1, 0.15) is 6.61 Å². The van der Waals surface area contributed by atoms with Crippen LogP contribution in [0.5, 0.6) is 0 Å². The largest absolute Gasteiger partial charge is 0.462 e. The number of esters is 2. The van der Waals surface area contributed by atoms with Gasteiger partial charge in [-0.05, 0) is 77.0 Å². The number of hydrogen-bond donors (Lipinski definition) is 0. The minimum absolute atomic E-state index is 0.0754. The van der Waals surface area contributed by atoms with Crippen molar-refractivity contribution in [2.24, 2.45) is 0 Å². The second-order valence-corrected chi connectivity index (χ2v) is 15.3. The predicted molar refractivity (Wildman–Crippen MR) is 233 cm³/mol. The molecule has 0 N–H and O–H groups in total. The van der Waals surface area contributed by atoms with Gasteiger partial charge < -0.3 is 14.2 Å².